The molecule has 0 radical (unpaired) electrons. The van der Waals surface area contributed by atoms with E-state index in [2.05, 4.69) is 0 Å². The predicted molar refractivity (Wildman–Crippen MR) is 109 cm³/mol. The molecular weight excluding hydrogens is 384 g/mol. The van der Waals surface area contributed by atoms with E-state index >= 15 is 0 Å². The molecule has 1 unspecified atom stereocenters. The highest BCUT2D eigenvalue weighted by Gasteiger charge is 2.21. The van der Waals surface area contributed by atoms with Gasteiger partial charge in [-0.3, -0.25) is 0 Å². The third kappa shape index (κ3) is 5.32. The lowest BCUT2D eigenvalue weighted by Crippen LogP contribution is -2.19. The highest BCUT2D eigenvalue weighted by molar-refractivity contribution is 5.90. The minimum atomic E-state index is -0.850. The van der Waals surface area contributed by atoms with Crippen LogP contribution in [0.2, 0.25) is 0 Å². The fourth-order valence-electron chi connectivity index (χ4n) is 2.73. The second kappa shape index (κ2) is 10.0. The van der Waals surface area contributed by atoms with Gasteiger partial charge in [0.15, 0.2) is 6.10 Å². The molecule has 3 aromatic rings. The molecule has 0 aromatic heterocycles. The molecule has 3 rings (SSSR count). The van der Waals surface area contributed by atoms with Gasteiger partial charge in [-0.1, -0.05) is 48.5 Å². The summed E-state index contributed by atoms with van der Waals surface area (Å²) < 4.78 is 15.7. The van der Waals surface area contributed by atoms with E-state index < -0.39 is 24.0 Å². The first-order valence-corrected chi connectivity index (χ1v) is 9.25. The number of methoxy groups -OCH3 is 1. The number of carbonyl (C=O) groups is 3. The van der Waals surface area contributed by atoms with Crippen molar-refractivity contribution >= 4 is 17.9 Å². The molecule has 0 bridgehead atoms. The summed E-state index contributed by atoms with van der Waals surface area (Å²) in [5.74, 6) is -1.55. The van der Waals surface area contributed by atoms with Crippen molar-refractivity contribution in [3.05, 3.63) is 107 Å². The Morgan fingerprint density at radius 1 is 0.667 bits per heavy atom. The standard InChI is InChI=1S/C24H20O6/c1-28-22(25)20-14-12-17(13-15-20)21(30-24(27)19-10-6-3-7-11-19)16-29-23(26)18-8-4-2-5-9-18/h2-15,21H,16H2,1H3. The van der Waals surface area contributed by atoms with Crippen LogP contribution in [0, 0.1) is 0 Å². The molecule has 0 aliphatic rings. The topological polar surface area (TPSA) is 78.9 Å². The van der Waals surface area contributed by atoms with E-state index in [0.717, 1.165) is 0 Å². The first-order valence-electron chi connectivity index (χ1n) is 9.25. The maximum absolute atomic E-state index is 12.5. The lowest BCUT2D eigenvalue weighted by Gasteiger charge is -2.19. The van der Waals surface area contributed by atoms with Gasteiger partial charge in [0.2, 0.25) is 0 Å². The Labute approximate surface area is 174 Å². The van der Waals surface area contributed by atoms with E-state index in [9.17, 15) is 14.4 Å². The summed E-state index contributed by atoms with van der Waals surface area (Å²) in [6, 6.07) is 23.4. The van der Waals surface area contributed by atoms with Crippen LogP contribution in [0.25, 0.3) is 0 Å². The average Bonchev–Trinajstić information content (AvgIpc) is 2.82. The van der Waals surface area contributed by atoms with Gasteiger partial charge in [-0.05, 0) is 42.0 Å². The first-order chi connectivity index (χ1) is 14.6. The summed E-state index contributed by atoms with van der Waals surface area (Å²) in [6.45, 7) is -0.177. The number of benzene rings is 3. The molecule has 3 aromatic carbocycles. The normalized spacial score (nSPS) is 11.2. The number of rotatable bonds is 7. The fraction of sp³-hybridized carbons (Fsp3) is 0.125. The van der Waals surface area contributed by atoms with E-state index in [1.54, 1.807) is 84.9 Å². The van der Waals surface area contributed by atoms with Gasteiger partial charge < -0.3 is 14.2 Å². The Bertz CT molecular complexity index is 997. The summed E-state index contributed by atoms with van der Waals surface area (Å²) in [7, 11) is 1.30. The lowest BCUT2D eigenvalue weighted by atomic mass is 10.1. The Balaban J connectivity index is 1.78. The van der Waals surface area contributed by atoms with Crippen LogP contribution in [0.5, 0.6) is 0 Å². The Morgan fingerprint density at radius 2 is 1.17 bits per heavy atom. The number of hydrogen-bond acceptors (Lipinski definition) is 6. The van der Waals surface area contributed by atoms with Crippen molar-refractivity contribution in [3.8, 4) is 0 Å². The van der Waals surface area contributed by atoms with E-state index in [1.807, 2.05) is 0 Å². The van der Waals surface area contributed by atoms with Crippen molar-refractivity contribution in [2.24, 2.45) is 0 Å². The maximum Gasteiger partial charge on any atom is 0.338 e. The summed E-state index contributed by atoms with van der Waals surface area (Å²) in [6.07, 6.45) is -0.850. The molecule has 0 amide bonds. The van der Waals surface area contributed by atoms with Crippen LogP contribution in [-0.2, 0) is 14.2 Å². The molecule has 0 N–H and O–H groups in total. The van der Waals surface area contributed by atoms with Crippen LogP contribution in [0.3, 0.4) is 0 Å². The zero-order chi connectivity index (χ0) is 21.3. The van der Waals surface area contributed by atoms with Gasteiger partial charge in [0, 0.05) is 0 Å². The molecule has 0 heterocycles. The zero-order valence-corrected chi connectivity index (χ0v) is 16.3. The molecule has 1 atom stereocenters. The molecule has 6 heteroatoms. The smallest absolute Gasteiger partial charge is 0.338 e. The van der Waals surface area contributed by atoms with Crippen molar-refractivity contribution in [3.63, 3.8) is 0 Å². The highest BCUT2D eigenvalue weighted by atomic mass is 16.6. The molecule has 0 aliphatic heterocycles. The molecule has 30 heavy (non-hydrogen) atoms. The molecule has 0 saturated heterocycles. The van der Waals surface area contributed by atoms with Gasteiger partial charge >= 0.3 is 17.9 Å². The Hall–Kier alpha value is -3.93. The zero-order valence-electron chi connectivity index (χ0n) is 16.3. The molecule has 152 valence electrons. The highest BCUT2D eigenvalue weighted by Crippen LogP contribution is 2.21. The summed E-state index contributed by atoms with van der Waals surface area (Å²) >= 11 is 0. The van der Waals surface area contributed by atoms with Crippen molar-refractivity contribution in [1.82, 2.24) is 0 Å². The molecule has 6 nitrogen and oxygen atoms in total. The molecule has 0 aliphatic carbocycles. The number of ether oxygens (including phenoxy) is 3. The fourth-order valence-corrected chi connectivity index (χ4v) is 2.73. The van der Waals surface area contributed by atoms with Crippen LogP contribution in [0.4, 0.5) is 0 Å². The van der Waals surface area contributed by atoms with Crippen molar-refractivity contribution in [2.75, 3.05) is 13.7 Å². The van der Waals surface area contributed by atoms with Crippen LogP contribution >= 0.6 is 0 Å². The monoisotopic (exact) mass is 404 g/mol. The minimum absolute atomic E-state index is 0.177. The van der Waals surface area contributed by atoms with E-state index in [-0.39, 0.29) is 6.61 Å². The molecule has 0 spiro atoms. The largest absolute Gasteiger partial charge is 0.465 e. The van der Waals surface area contributed by atoms with Gasteiger partial charge in [0.25, 0.3) is 0 Å². The van der Waals surface area contributed by atoms with Crippen LogP contribution in [0.1, 0.15) is 42.7 Å². The van der Waals surface area contributed by atoms with E-state index in [4.69, 9.17) is 14.2 Å². The third-order valence-corrected chi connectivity index (χ3v) is 4.34. The van der Waals surface area contributed by atoms with Gasteiger partial charge in [0.05, 0.1) is 23.8 Å². The average molecular weight is 404 g/mol. The van der Waals surface area contributed by atoms with Gasteiger partial charge in [-0.15, -0.1) is 0 Å². The van der Waals surface area contributed by atoms with Crippen LogP contribution < -0.4 is 0 Å². The van der Waals surface area contributed by atoms with Crippen molar-refractivity contribution < 1.29 is 28.6 Å². The Morgan fingerprint density at radius 3 is 1.70 bits per heavy atom. The first kappa shape index (κ1) is 20.8. The van der Waals surface area contributed by atoms with E-state index in [0.29, 0.717) is 22.3 Å². The molecule has 0 saturated carbocycles. The van der Waals surface area contributed by atoms with Crippen LogP contribution in [0.15, 0.2) is 84.9 Å². The minimum Gasteiger partial charge on any atom is -0.465 e. The van der Waals surface area contributed by atoms with Crippen molar-refractivity contribution in [1.29, 1.82) is 0 Å². The number of hydrogen-bond donors (Lipinski definition) is 0. The lowest BCUT2D eigenvalue weighted by molar-refractivity contribution is -0.00134. The quantitative estimate of drug-likeness (QED) is 0.433. The number of carbonyl (C=O) groups excluding carboxylic acids is 3. The van der Waals surface area contributed by atoms with Crippen molar-refractivity contribution in [2.45, 2.75) is 6.10 Å². The third-order valence-electron chi connectivity index (χ3n) is 4.34. The SMILES string of the molecule is COC(=O)c1ccc(C(COC(=O)c2ccccc2)OC(=O)c2ccccc2)cc1. The predicted octanol–water partition coefficient (Wildman–Crippen LogP) is 4.23. The summed E-state index contributed by atoms with van der Waals surface area (Å²) in [5.41, 5.74) is 1.71. The molecular formula is C24H20O6. The van der Waals surface area contributed by atoms with Gasteiger partial charge in [-0.2, -0.15) is 0 Å². The van der Waals surface area contributed by atoms with Gasteiger partial charge in [0.1, 0.15) is 6.61 Å². The summed E-state index contributed by atoms with van der Waals surface area (Å²) in [4.78, 5) is 36.5. The Kier molecular flexibility index (Phi) is 6.95. The second-order valence-corrected chi connectivity index (χ2v) is 6.34. The van der Waals surface area contributed by atoms with E-state index in [1.165, 1.54) is 7.11 Å². The van der Waals surface area contributed by atoms with Gasteiger partial charge in [-0.25, -0.2) is 14.4 Å². The maximum atomic E-state index is 12.5. The second-order valence-electron chi connectivity index (χ2n) is 6.34. The molecule has 0 fully saturated rings. The van der Waals surface area contributed by atoms with Crippen LogP contribution in [-0.4, -0.2) is 31.6 Å². The summed E-state index contributed by atoms with van der Waals surface area (Å²) in [5, 5.41) is 0. The number of esters is 3.